The van der Waals surface area contributed by atoms with Crippen LogP contribution >= 0.6 is 0 Å². The smallest absolute Gasteiger partial charge is 0.221 e. The van der Waals surface area contributed by atoms with Crippen LogP contribution in [0.5, 0.6) is 0 Å². The third kappa shape index (κ3) is 3.80. The summed E-state index contributed by atoms with van der Waals surface area (Å²) >= 11 is 0. The average Bonchev–Trinajstić information content (AvgIpc) is 2.18. The molecule has 0 bridgehead atoms. The van der Waals surface area contributed by atoms with E-state index in [0.717, 1.165) is 19.6 Å². The molecule has 15 heavy (non-hydrogen) atoms. The minimum Gasteiger partial charge on any atom is -0.369 e. The third-order valence-corrected chi connectivity index (χ3v) is 3.30. The van der Waals surface area contributed by atoms with Crippen LogP contribution in [0.2, 0.25) is 0 Å². The lowest BCUT2D eigenvalue weighted by Gasteiger charge is -2.35. The topological polar surface area (TPSA) is 72.3 Å². The van der Waals surface area contributed by atoms with Gasteiger partial charge < -0.3 is 16.4 Å². The summed E-state index contributed by atoms with van der Waals surface area (Å²) in [4.78, 5) is 13.3. The van der Waals surface area contributed by atoms with Crippen molar-refractivity contribution in [2.45, 2.75) is 32.7 Å². The fourth-order valence-corrected chi connectivity index (χ4v) is 2.16. The molecule has 0 aromatic heterocycles. The van der Waals surface area contributed by atoms with Crippen molar-refractivity contribution in [1.82, 2.24) is 4.90 Å². The van der Waals surface area contributed by atoms with Crippen LogP contribution < -0.4 is 11.5 Å². The largest absolute Gasteiger partial charge is 0.369 e. The maximum atomic E-state index is 11.0. The first-order valence-corrected chi connectivity index (χ1v) is 5.78. The van der Waals surface area contributed by atoms with Crippen LogP contribution in [-0.2, 0) is 4.79 Å². The van der Waals surface area contributed by atoms with Crippen molar-refractivity contribution in [2.24, 2.45) is 23.3 Å². The number of amides is 1. The second-order valence-corrected chi connectivity index (χ2v) is 4.82. The summed E-state index contributed by atoms with van der Waals surface area (Å²) in [7, 11) is 0. The number of rotatable bonds is 4. The van der Waals surface area contributed by atoms with Crippen molar-refractivity contribution < 1.29 is 4.79 Å². The first-order chi connectivity index (χ1) is 7.00. The molecule has 1 amide bonds. The fraction of sp³-hybridized carbons (Fsp3) is 0.909. The molecule has 1 rings (SSSR count). The van der Waals surface area contributed by atoms with E-state index in [0.29, 0.717) is 5.92 Å². The molecule has 1 heterocycles. The lowest BCUT2D eigenvalue weighted by atomic mass is 9.91. The van der Waals surface area contributed by atoms with E-state index in [4.69, 9.17) is 11.5 Å². The lowest BCUT2D eigenvalue weighted by molar-refractivity contribution is -0.122. The molecule has 3 atom stereocenters. The Hall–Kier alpha value is -0.610. The van der Waals surface area contributed by atoms with Crippen LogP contribution in [0.3, 0.4) is 0 Å². The summed E-state index contributed by atoms with van der Waals surface area (Å²) in [5.74, 6) is 0.300. The first-order valence-electron chi connectivity index (χ1n) is 5.78. The number of likely N-dealkylation sites (tertiary alicyclic amines) is 1. The molecule has 0 aliphatic carbocycles. The predicted molar refractivity (Wildman–Crippen MR) is 61.2 cm³/mol. The molecule has 1 saturated heterocycles. The highest BCUT2D eigenvalue weighted by atomic mass is 16.1. The number of hydrogen-bond acceptors (Lipinski definition) is 3. The molecule has 4 nitrogen and oxygen atoms in total. The Labute approximate surface area is 92.0 Å². The van der Waals surface area contributed by atoms with Crippen LogP contribution in [0, 0.1) is 11.8 Å². The van der Waals surface area contributed by atoms with Gasteiger partial charge in [0.15, 0.2) is 0 Å². The monoisotopic (exact) mass is 213 g/mol. The van der Waals surface area contributed by atoms with E-state index < -0.39 is 0 Å². The van der Waals surface area contributed by atoms with Gasteiger partial charge in [-0.1, -0.05) is 6.92 Å². The fourth-order valence-electron chi connectivity index (χ4n) is 2.16. The highest BCUT2D eigenvalue weighted by molar-refractivity contribution is 5.76. The molecule has 0 spiro atoms. The molecule has 88 valence electrons. The number of primary amides is 1. The van der Waals surface area contributed by atoms with Gasteiger partial charge in [-0.05, 0) is 32.2 Å². The second-order valence-electron chi connectivity index (χ2n) is 4.82. The van der Waals surface area contributed by atoms with E-state index in [1.807, 2.05) is 6.92 Å². The molecule has 0 aromatic rings. The van der Waals surface area contributed by atoms with Gasteiger partial charge in [-0.25, -0.2) is 0 Å². The van der Waals surface area contributed by atoms with E-state index in [9.17, 15) is 4.79 Å². The van der Waals surface area contributed by atoms with Crippen molar-refractivity contribution in [3.8, 4) is 0 Å². The van der Waals surface area contributed by atoms with E-state index >= 15 is 0 Å². The number of nitrogens with two attached hydrogens (primary N) is 2. The van der Waals surface area contributed by atoms with E-state index in [1.165, 1.54) is 12.8 Å². The minimum absolute atomic E-state index is 0.0585. The van der Waals surface area contributed by atoms with Gasteiger partial charge >= 0.3 is 0 Å². The molecule has 1 aliphatic heterocycles. The van der Waals surface area contributed by atoms with Gasteiger partial charge in [0.05, 0.1) is 0 Å². The SMILES string of the molecule is CC(CN1CCCC(C(C)N)C1)C(N)=O. The summed E-state index contributed by atoms with van der Waals surface area (Å²) in [5, 5.41) is 0. The Kier molecular flexibility index (Phi) is 4.54. The molecule has 0 aromatic carbocycles. The Balaban J connectivity index is 2.39. The van der Waals surface area contributed by atoms with Gasteiger partial charge in [-0.3, -0.25) is 4.79 Å². The molecule has 1 fully saturated rings. The van der Waals surface area contributed by atoms with Crippen molar-refractivity contribution in [3.63, 3.8) is 0 Å². The highest BCUT2D eigenvalue weighted by Crippen LogP contribution is 2.19. The van der Waals surface area contributed by atoms with Crippen molar-refractivity contribution in [2.75, 3.05) is 19.6 Å². The number of carbonyl (C=O) groups is 1. The van der Waals surface area contributed by atoms with Crippen molar-refractivity contribution in [3.05, 3.63) is 0 Å². The standard InChI is InChI=1S/C11H23N3O/c1-8(11(13)15)6-14-5-3-4-10(7-14)9(2)12/h8-10H,3-7,12H2,1-2H3,(H2,13,15). The van der Waals surface area contributed by atoms with E-state index in [1.54, 1.807) is 0 Å². The summed E-state index contributed by atoms with van der Waals surface area (Å²) in [5.41, 5.74) is 11.2. The van der Waals surface area contributed by atoms with Crippen LogP contribution in [0.4, 0.5) is 0 Å². The summed E-state index contributed by atoms with van der Waals surface area (Å²) in [6, 6.07) is 0.247. The predicted octanol–water partition coefficient (Wildman–Crippen LogP) is 0.167. The number of carbonyl (C=O) groups excluding carboxylic acids is 1. The normalized spacial score (nSPS) is 27.3. The second kappa shape index (κ2) is 5.47. The van der Waals surface area contributed by atoms with Crippen LogP contribution in [0.1, 0.15) is 26.7 Å². The Morgan fingerprint density at radius 1 is 1.53 bits per heavy atom. The quantitative estimate of drug-likeness (QED) is 0.699. The minimum atomic E-state index is -0.210. The molecule has 3 unspecified atom stereocenters. The number of hydrogen-bond donors (Lipinski definition) is 2. The van der Waals surface area contributed by atoms with Gasteiger partial charge in [0.2, 0.25) is 5.91 Å². The number of piperidine rings is 1. The summed E-state index contributed by atoms with van der Waals surface area (Å²) in [6.07, 6.45) is 2.39. The zero-order chi connectivity index (χ0) is 11.4. The molecular weight excluding hydrogens is 190 g/mol. The Bertz CT molecular complexity index is 218. The van der Waals surface area contributed by atoms with Crippen LogP contribution in [0.25, 0.3) is 0 Å². The van der Waals surface area contributed by atoms with Gasteiger partial charge in [-0.15, -0.1) is 0 Å². The van der Waals surface area contributed by atoms with Crippen LogP contribution in [0.15, 0.2) is 0 Å². The summed E-state index contributed by atoms with van der Waals surface area (Å²) < 4.78 is 0. The number of nitrogens with zero attached hydrogens (tertiary/aromatic N) is 1. The maximum absolute atomic E-state index is 11.0. The molecular formula is C11H23N3O. The van der Waals surface area contributed by atoms with Crippen molar-refractivity contribution in [1.29, 1.82) is 0 Å². The maximum Gasteiger partial charge on any atom is 0.221 e. The van der Waals surface area contributed by atoms with Crippen LogP contribution in [-0.4, -0.2) is 36.5 Å². The molecule has 4 heteroatoms. The Morgan fingerprint density at radius 3 is 2.73 bits per heavy atom. The Morgan fingerprint density at radius 2 is 2.20 bits per heavy atom. The van der Waals surface area contributed by atoms with E-state index in [-0.39, 0.29) is 17.9 Å². The molecule has 0 radical (unpaired) electrons. The zero-order valence-corrected chi connectivity index (χ0v) is 9.78. The first kappa shape index (κ1) is 12.5. The molecule has 1 aliphatic rings. The third-order valence-electron chi connectivity index (χ3n) is 3.30. The zero-order valence-electron chi connectivity index (χ0n) is 9.78. The van der Waals surface area contributed by atoms with Gasteiger partial charge in [0, 0.05) is 25.0 Å². The lowest BCUT2D eigenvalue weighted by Crippen LogP contribution is -2.45. The van der Waals surface area contributed by atoms with Gasteiger partial charge in [-0.2, -0.15) is 0 Å². The molecule has 4 N–H and O–H groups in total. The van der Waals surface area contributed by atoms with Crippen molar-refractivity contribution >= 4 is 5.91 Å². The average molecular weight is 213 g/mol. The summed E-state index contributed by atoms with van der Waals surface area (Å²) in [6.45, 7) is 6.80. The van der Waals surface area contributed by atoms with Gasteiger partial charge in [0.25, 0.3) is 0 Å². The highest BCUT2D eigenvalue weighted by Gasteiger charge is 2.24. The van der Waals surface area contributed by atoms with Gasteiger partial charge in [0.1, 0.15) is 0 Å². The van der Waals surface area contributed by atoms with E-state index in [2.05, 4.69) is 11.8 Å². The molecule has 0 saturated carbocycles.